The Balaban J connectivity index is 2.17. The molecule has 0 radical (unpaired) electrons. The molecule has 5 nitrogen and oxygen atoms in total. The molecule has 21 heavy (non-hydrogen) atoms. The van der Waals surface area contributed by atoms with Gasteiger partial charge in [0, 0.05) is 17.2 Å². The minimum Gasteiger partial charge on any atom is -0.444 e. The highest BCUT2D eigenvalue weighted by molar-refractivity contribution is 6.29. The van der Waals surface area contributed by atoms with Crippen LogP contribution < -0.4 is 0 Å². The van der Waals surface area contributed by atoms with E-state index in [1.807, 2.05) is 19.1 Å². The number of aromatic amines is 1. The molecule has 0 aliphatic heterocycles. The fourth-order valence-corrected chi connectivity index (χ4v) is 2.07. The smallest absolute Gasteiger partial charge is 0.221 e. The first-order valence-electron chi connectivity index (χ1n) is 6.73. The fraction of sp³-hybridized carbons (Fsp3) is 0.400. The van der Waals surface area contributed by atoms with E-state index in [0.717, 1.165) is 11.3 Å². The SMILES string of the molecule is C/C(=C/c1ccc(Cl)[nH]1)c1nc(C(O)C(C)C(C)O)co1. The lowest BCUT2D eigenvalue weighted by Crippen LogP contribution is -2.21. The monoisotopic (exact) mass is 310 g/mol. The Morgan fingerprint density at radius 1 is 1.38 bits per heavy atom. The number of halogens is 1. The molecule has 6 heteroatoms. The van der Waals surface area contributed by atoms with Gasteiger partial charge in [0.2, 0.25) is 5.89 Å². The van der Waals surface area contributed by atoms with Gasteiger partial charge in [0.1, 0.15) is 23.2 Å². The van der Waals surface area contributed by atoms with Crippen molar-refractivity contribution in [3.63, 3.8) is 0 Å². The largest absolute Gasteiger partial charge is 0.444 e. The standard InChI is InChI=1S/C15H19ClN2O3/c1-8(6-11-4-5-13(16)17-11)15-18-12(7-21-15)14(20)9(2)10(3)19/h4-7,9-10,14,17,19-20H,1-3H3/b8-6-. The number of oxazole rings is 1. The van der Waals surface area contributed by atoms with Crippen molar-refractivity contribution >= 4 is 23.3 Å². The summed E-state index contributed by atoms with van der Waals surface area (Å²) >= 11 is 5.82. The highest BCUT2D eigenvalue weighted by Gasteiger charge is 2.24. The molecule has 0 spiro atoms. The average molecular weight is 311 g/mol. The maximum atomic E-state index is 10.1. The Bertz CT molecular complexity index is 630. The maximum absolute atomic E-state index is 10.1. The number of nitrogens with one attached hydrogen (secondary N) is 1. The molecular weight excluding hydrogens is 292 g/mol. The van der Waals surface area contributed by atoms with Crippen LogP contribution in [0.15, 0.2) is 22.8 Å². The van der Waals surface area contributed by atoms with Crippen LogP contribution >= 0.6 is 11.6 Å². The van der Waals surface area contributed by atoms with E-state index in [0.29, 0.717) is 16.7 Å². The van der Waals surface area contributed by atoms with Gasteiger partial charge in [-0.1, -0.05) is 18.5 Å². The van der Waals surface area contributed by atoms with E-state index >= 15 is 0 Å². The third-order valence-corrected chi connectivity index (χ3v) is 3.69. The molecule has 2 aromatic heterocycles. The summed E-state index contributed by atoms with van der Waals surface area (Å²) in [5.74, 6) is 0.0991. The van der Waals surface area contributed by atoms with Crippen LogP contribution in [0.25, 0.3) is 11.6 Å². The summed E-state index contributed by atoms with van der Waals surface area (Å²) in [4.78, 5) is 7.25. The molecule has 2 heterocycles. The van der Waals surface area contributed by atoms with Crippen molar-refractivity contribution in [3.8, 4) is 0 Å². The summed E-state index contributed by atoms with van der Waals surface area (Å²) in [5.41, 5.74) is 2.06. The van der Waals surface area contributed by atoms with E-state index in [2.05, 4.69) is 9.97 Å². The molecule has 3 N–H and O–H groups in total. The van der Waals surface area contributed by atoms with Crippen LogP contribution in [0.3, 0.4) is 0 Å². The van der Waals surface area contributed by atoms with E-state index in [1.165, 1.54) is 6.26 Å². The molecule has 2 aromatic rings. The first kappa shape index (κ1) is 15.8. The molecule has 0 aliphatic rings. The quantitative estimate of drug-likeness (QED) is 0.791. The van der Waals surface area contributed by atoms with Crippen LogP contribution in [-0.4, -0.2) is 26.3 Å². The van der Waals surface area contributed by atoms with Gasteiger partial charge in [0.05, 0.1) is 6.10 Å². The zero-order chi connectivity index (χ0) is 15.6. The lowest BCUT2D eigenvalue weighted by atomic mass is 9.97. The third-order valence-electron chi connectivity index (χ3n) is 3.47. The number of aliphatic hydroxyl groups is 2. The number of aromatic nitrogens is 2. The minimum atomic E-state index is -0.866. The van der Waals surface area contributed by atoms with Crippen LogP contribution in [0, 0.1) is 5.92 Å². The molecule has 0 fully saturated rings. The second kappa shape index (κ2) is 6.47. The number of allylic oxidation sites excluding steroid dienone is 1. The summed E-state index contributed by atoms with van der Waals surface area (Å²) < 4.78 is 5.39. The van der Waals surface area contributed by atoms with Crippen LogP contribution in [0.4, 0.5) is 0 Å². The Morgan fingerprint density at radius 3 is 2.67 bits per heavy atom. The summed E-state index contributed by atoms with van der Waals surface area (Å²) in [7, 11) is 0. The van der Waals surface area contributed by atoms with Crippen molar-refractivity contribution in [2.24, 2.45) is 5.92 Å². The Hall–Kier alpha value is -1.56. The predicted octanol–water partition coefficient (Wildman–Crippen LogP) is 3.27. The average Bonchev–Trinajstić information content (AvgIpc) is 3.06. The minimum absolute atomic E-state index is 0.325. The Kier molecular flexibility index (Phi) is 4.88. The van der Waals surface area contributed by atoms with Gasteiger partial charge < -0.3 is 19.6 Å². The van der Waals surface area contributed by atoms with E-state index < -0.39 is 12.2 Å². The Labute approximate surface area is 128 Å². The van der Waals surface area contributed by atoms with Crippen molar-refractivity contribution in [1.82, 2.24) is 9.97 Å². The fourth-order valence-electron chi connectivity index (χ4n) is 1.90. The normalized spacial score (nSPS) is 16.8. The molecule has 0 saturated carbocycles. The number of H-pyrrole nitrogens is 1. The molecule has 0 amide bonds. The van der Waals surface area contributed by atoms with Gasteiger partial charge in [-0.3, -0.25) is 0 Å². The summed E-state index contributed by atoms with van der Waals surface area (Å²) in [6.07, 6.45) is 1.78. The second-order valence-electron chi connectivity index (χ2n) is 5.21. The summed E-state index contributed by atoms with van der Waals surface area (Å²) in [6, 6.07) is 3.61. The van der Waals surface area contributed by atoms with Crippen LogP contribution in [0.5, 0.6) is 0 Å². The molecule has 0 bridgehead atoms. The molecule has 0 aromatic carbocycles. The summed E-state index contributed by atoms with van der Waals surface area (Å²) in [5, 5.41) is 20.2. The third kappa shape index (κ3) is 3.75. The van der Waals surface area contributed by atoms with Gasteiger partial charge >= 0.3 is 0 Å². The highest BCUT2D eigenvalue weighted by Crippen LogP contribution is 2.26. The number of aliphatic hydroxyl groups excluding tert-OH is 2. The Morgan fingerprint density at radius 2 is 2.10 bits per heavy atom. The highest BCUT2D eigenvalue weighted by atomic mass is 35.5. The zero-order valence-electron chi connectivity index (χ0n) is 12.2. The van der Waals surface area contributed by atoms with Gasteiger partial charge in [0.15, 0.2) is 0 Å². The molecule has 2 rings (SSSR count). The van der Waals surface area contributed by atoms with Crippen molar-refractivity contribution in [2.45, 2.75) is 33.0 Å². The molecule has 3 atom stereocenters. The van der Waals surface area contributed by atoms with Gasteiger partial charge in [-0.05, 0) is 32.1 Å². The van der Waals surface area contributed by atoms with Crippen molar-refractivity contribution in [1.29, 1.82) is 0 Å². The van der Waals surface area contributed by atoms with Gasteiger partial charge in [-0.15, -0.1) is 0 Å². The number of nitrogens with zero attached hydrogens (tertiary/aromatic N) is 1. The van der Waals surface area contributed by atoms with Crippen molar-refractivity contribution in [2.75, 3.05) is 0 Å². The molecule has 0 saturated heterocycles. The molecule has 3 unspecified atom stereocenters. The van der Waals surface area contributed by atoms with E-state index in [4.69, 9.17) is 16.0 Å². The molecule has 0 aliphatic carbocycles. The zero-order valence-corrected chi connectivity index (χ0v) is 12.9. The lowest BCUT2D eigenvalue weighted by molar-refractivity contribution is 0.0283. The van der Waals surface area contributed by atoms with Crippen LogP contribution in [0.2, 0.25) is 5.15 Å². The van der Waals surface area contributed by atoms with Crippen molar-refractivity contribution in [3.05, 3.63) is 40.8 Å². The van der Waals surface area contributed by atoms with E-state index in [-0.39, 0.29) is 5.92 Å². The summed E-state index contributed by atoms with van der Waals surface area (Å²) in [6.45, 7) is 5.25. The topological polar surface area (TPSA) is 82.3 Å². The first-order valence-corrected chi connectivity index (χ1v) is 7.11. The second-order valence-corrected chi connectivity index (χ2v) is 5.62. The number of hydrogen-bond donors (Lipinski definition) is 3. The maximum Gasteiger partial charge on any atom is 0.221 e. The number of rotatable bonds is 5. The van der Waals surface area contributed by atoms with Crippen molar-refractivity contribution < 1.29 is 14.6 Å². The van der Waals surface area contributed by atoms with E-state index in [1.54, 1.807) is 19.9 Å². The van der Waals surface area contributed by atoms with Crippen LogP contribution in [-0.2, 0) is 0 Å². The van der Waals surface area contributed by atoms with Gasteiger partial charge in [-0.25, -0.2) is 4.98 Å². The predicted molar refractivity (Wildman–Crippen MR) is 81.7 cm³/mol. The van der Waals surface area contributed by atoms with Crippen LogP contribution in [0.1, 0.15) is 44.2 Å². The van der Waals surface area contributed by atoms with Gasteiger partial charge in [0.25, 0.3) is 0 Å². The lowest BCUT2D eigenvalue weighted by Gasteiger charge is -2.18. The van der Waals surface area contributed by atoms with E-state index in [9.17, 15) is 10.2 Å². The number of hydrogen-bond acceptors (Lipinski definition) is 4. The first-order chi connectivity index (χ1) is 9.88. The van der Waals surface area contributed by atoms with Gasteiger partial charge in [-0.2, -0.15) is 0 Å². The molecular formula is C15H19ClN2O3. The molecule has 114 valence electrons.